The molecule has 0 radical (unpaired) electrons. The monoisotopic (exact) mass is 410 g/mol. The Bertz CT molecular complexity index is 738. The van der Waals surface area contributed by atoms with Gasteiger partial charge in [-0.25, -0.2) is 8.42 Å². The highest BCUT2D eigenvalue weighted by Crippen LogP contribution is 2.22. The molecule has 0 aliphatic heterocycles. The lowest BCUT2D eigenvalue weighted by molar-refractivity contribution is -0.133. The largest absolute Gasteiger partial charge is 0.343 e. The fourth-order valence-electron chi connectivity index (χ4n) is 3.06. The van der Waals surface area contributed by atoms with E-state index in [0.29, 0.717) is 19.3 Å². The summed E-state index contributed by atoms with van der Waals surface area (Å²) in [6, 6.07) is 6.43. The summed E-state index contributed by atoms with van der Waals surface area (Å²) in [5.41, 5.74) is 0.872. The number of hydrogen-bond acceptors (Lipinski definition) is 4. The molecule has 0 spiro atoms. The van der Waals surface area contributed by atoms with Crippen LogP contribution >= 0.6 is 0 Å². The van der Waals surface area contributed by atoms with E-state index in [4.69, 9.17) is 0 Å². The summed E-state index contributed by atoms with van der Waals surface area (Å²) in [4.78, 5) is 28.6. The minimum atomic E-state index is -3.23. The Morgan fingerprint density at radius 2 is 1.46 bits per heavy atom. The van der Waals surface area contributed by atoms with Gasteiger partial charge in [-0.15, -0.1) is 0 Å². The first-order valence-electron chi connectivity index (χ1n) is 9.95. The Balaban J connectivity index is 2.58. The number of amides is 2. The van der Waals surface area contributed by atoms with Gasteiger partial charge in [0.25, 0.3) is 0 Å². The summed E-state index contributed by atoms with van der Waals surface area (Å²) < 4.78 is 23.1. The molecule has 6 nitrogen and oxygen atoms in total. The average molecular weight is 411 g/mol. The zero-order valence-electron chi connectivity index (χ0n) is 17.8. The van der Waals surface area contributed by atoms with E-state index in [9.17, 15) is 18.0 Å². The summed E-state index contributed by atoms with van der Waals surface area (Å²) in [6.07, 6.45) is 4.28. The first-order chi connectivity index (χ1) is 13.1. The summed E-state index contributed by atoms with van der Waals surface area (Å²) in [5, 5.41) is 0. The van der Waals surface area contributed by atoms with Crippen molar-refractivity contribution in [2.45, 2.75) is 63.8 Å². The van der Waals surface area contributed by atoms with Crippen molar-refractivity contribution in [2.24, 2.45) is 0 Å². The molecule has 1 aromatic rings. The molecular formula is C21H34N2O4S. The van der Waals surface area contributed by atoms with Crippen LogP contribution in [0.1, 0.15) is 64.5 Å². The molecule has 0 bridgehead atoms. The second-order valence-corrected chi connectivity index (χ2v) is 9.27. The third kappa shape index (κ3) is 7.26. The summed E-state index contributed by atoms with van der Waals surface area (Å²) in [5.74, 6) is 0.0913. The minimum Gasteiger partial charge on any atom is -0.343 e. The first kappa shape index (κ1) is 24.1. The topological polar surface area (TPSA) is 74.8 Å². The molecule has 0 fully saturated rings. The van der Waals surface area contributed by atoms with Gasteiger partial charge in [-0.05, 0) is 43.9 Å². The molecular weight excluding hydrogens is 376 g/mol. The van der Waals surface area contributed by atoms with Crippen LogP contribution in [0.2, 0.25) is 0 Å². The molecule has 1 atom stereocenters. The number of nitrogens with zero attached hydrogens (tertiary/aromatic N) is 2. The maximum Gasteiger partial charge on any atom is 0.222 e. The van der Waals surface area contributed by atoms with Crippen LogP contribution in [-0.2, 0) is 19.4 Å². The van der Waals surface area contributed by atoms with E-state index in [0.717, 1.165) is 31.5 Å². The van der Waals surface area contributed by atoms with Gasteiger partial charge in [0.1, 0.15) is 0 Å². The second-order valence-electron chi connectivity index (χ2n) is 7.26. The summed E-state index contributed by atoms with van der Waals surface area (Å²) in [7, 11) is -1.50. The third-order valence-corrected chi connectivity index (χ3v) is 6.01. The van der Waals surface area contributed by atoms with E-state index in [2.05, 4.69) is 13.8 Å². The predicted octanol–water partition coefficient (Wildman–Crippen LogP) is 3.43. The van der Waals surface area contributed by atoms with Crippen LogP contribution in [0.3, 0.4) is 0 Å². The van der Waals surface area contributed by atoms with Gasteiger partial charge in [0.2, 0.25) is 11.8 Å². The molecule has 0 saturated carbocycles. The molecule has 7 heteroatoms. The van der Waals surface area contributed by atoms with Gasteiger partial charge in [0.15, 0.2) is 9.84 Å². The molecule has 1 aromatic carbocycles. The predicted molar refractivity (Wildman–Crippen MR) is 112 cm³/mol. The average Bonchev–Trinajstić information content (AvgIpc) is 2.65. The molecule has 28 heavy (non-hydrogen) atoms. The van der Waals surface area contributed by atoms with Crippen LogP contribution in [-0.4, -0.2) is 56.4 Å². The van der Waals surface area contributed by atoms with Crippen LogP contribution in [0.5, 0.6) is 0 Å². The highest BCUT2D eigenvalue weighted by molar-refractivity contribution is 7.90. The summed E-state index contributed by atoms with van der Waals surface area (Å²) >= 11 is 0. The van der Waals surface area contributed by atoms with Crippen LogP contribution in [0.25, 0.3) is 0 Å². The van der Waals surface area contributed by atoms with Crippen LogP contribution < -0.4 is 0 Å². The van der Waals surface area contributed by atoms with Crippen molar-refractivity contribution in [2.75, 3.05) is 26.4 Å². The maximum atomic E-state index is 12.5. The molecule has 0 heterocycles. The number of sulfone groups is 1. The number of carbonyl (C=O) groups is 2. The maximum absolute atomic E-state index is 12.5. The molecule has 1 rings (SSSR count). The molecule has 0 aliphatic carbocycles. The Morgan fingerprint density at radius 3 is 1.93 bits per heavy atom. The Labute approximate surface area is 169 Å². The molecule has 2 amide bonds. The highest BCUT2D eigenvalue weighted by Gasteiger charge is 2.19. The normalized spacial score (nSPS) is 12.5. The van der Waals surface area contributed by atoms with Gasteiger partial charge in [-0.3, -0.25) is 9.59 Å². The van der Waals surface area contributed by atoms with E-state index in [1.54, 1.807) is 36.2 Å². The SMILES string of the molecule is CCCN(CCC)C(=O)CCCC(=O)N(C)C(C)c1ccc(S(C)(=O)=O)cc1. The molecule has 1 unspecified atom stereocenters. The highest BCUT2D eigenvalue weighted by atomic mass is 32.2. The van der Waals surface area contributed by atoms with Crippen molar-refractivity contribution < 1.29 is 18.0 Å². The van der Waals surface area contributed by atoms with Crippen molar-refractivity contribution in [1.29, 1.82) is 0 Å². The van der Waals surface area contributed by atoms with Gasteiger partial charge < -0.3 is 9.80 Å². The molecule has 0 aliphatic rings. The fraction of sp³-hybridized carbons (Fsp3) is 0.619. The third-order valence-electron chi connectivity index (χ3n) is 4.89. The number of rotatable bonds is 11. The lowest BCUT2D eigenvalue weighted by Crippen LogP contribution is -2.33. The Hall–Kier alpha value is -1.89. The van der Waals surface area contributed by atoms with Crippen molar-refractivity contribution in [3.8, 4) is 0 Å². The van der Waals surface area contributed by atoms with E-state index >= 15 is 0 Å². The van der Waals surface area contributed by atoms with Gasteiger partial charge >= 0.3 is 0 Å². The van der Waals surface area contributed by atoms with Gasteiger partial charge in [-0.2, -0.15) is 0 Å². The van der Waals surface area contributed by atoms with Crippen LogP contribution in [0.4, 0.5) is 0 Å². The van der Waals surface area contributed by atoms with Gasteiger partial charge in [0.05, 0.1) is 10.9 Å². The lowest BCUT2D eigenvalue weighted by atomic mass is 10.1. The van der Waals surface area contributed by atoms with Gasteiger partial charge in [-0.1, -0.05) is 26.0 Å². The quantitative estimate of drug-likeness (QED) is 0.560. The summed E-state index contributed by atoms with van der Waals surface area (Å²) in [6.45, 7) is 7.54. The zero-order chi connectivity index (χ0) is 21.3. The minimum absolute atomic E-state index is 0.0231. The van der Waals surface area contributed by atoms with Crippen molar-refractivity contribution >= 4 is 21.7 Å². The van der Waals surface area contributed by atoms with Gasteiger partial charge in [0, 0.05) is 39.2 Å². The molecule has 0 saturated heterocycles. The Morgan fingerprint density at radius 1 is 0.964 bits per heavy atom. The van der Waals surface area contributed by atoms with E-state index in [-0.39, 0.29) is 22.8 Å². The van der Waals surface area contributed by atoms with Crippen LogP contribution in [0.15, 0.2) is 29.2 Å². The van der Waals surface area contributed by atoms with Crippen molar-refractivity contribution in [3.05, 3.63) is 29.8 Å². The fourth-order valence-corrected chi connectivity index (χ4v) is 3.69. The zero-order valence-corrected chi connectivity index (χ0v) is 18.6. The lowest BCUT2D eigenvalue weighted by Gasteiger charge is -2.26. The standard InChI is InChI=1S/C21H34N2O4S/c1-6-15-23(16-7-2)21(25)10-8-9-20(24)22(4)17(3)18-11-13-19(14-12-18)28(5,26)27/h11-14,17H,6-10,15-16H2,1-5H3. The van der Waals surface area contributed by atoms with Crippen LogP contribution in [0, 0.1) is 0 Å². The molecule has 158 valence electrons. The van der Waals surface area contributed by atoms with Crippen molar-refractivity contribution in [3.63, 3.8) is 0 Å². The number of hydrogen-bond donors (Lipinski definition) is 0. The van der Waals surface area contributed by atoms with E-state index in [1.165, 1.54) is 6.26 Å². The molecule has 0 aromatic heterocycles. The van der Waals surface area contributed by atoms with E-state index < -0.39 is 9.84 Å². The number of benzene rings is 1. The van der Waals surface area contributed by atoms with Crippen molar-refractivity contribution in [1.82, 2.24) is 9.80 Å². The van der Waals surface area contributed by atoms with E-state index in [1.807, 2.05) is 11.8 Å². The Kier molecular flexibility index (Phi) is 9.65. The number of carbonyl (C=O) groups excluding carboxylic acids is 2. The second kappa shape index (κ2) is 11.2. The molecule has 0 N–H and O–H groups in total. The first-order valence-corrected chi connectivity index (χ1v) is 11.8. The smallest absolute Gasteiger partial charge is 0.222 e.